The van der Waals surface area contributed by atoms with E-state index in [2.05, 4.69) is 16.7 Å². The van der Waals surface area contributed by atoms with Crippen LogP contribution in [0.4, 0.5) is 4.39 Å². The zero-order chi connectivity index (χ0) is 17.6. The van der Waals surface area contributed by atoms with E-state index >= 15 is 0 Å². The minimum Gasteiger partial charge on any atom is -0.388 e. The Kier molecular flexibility index (Phi) is 5.79. The van der Waals surface area contributed by atoms with Crippen LogP contribution in [0.2, 0.25) is 5.02 Å². The first-order chi connectivity index (χ1) is 12.1. The highest BCUT2D eigenvalue weighted by atomic mass is 35.5. The number of nitrogens with zero attached hydrogens (tertiary/aromatic N) is 1. The lowest BCUT2D eigenvalue weighted by Crippen LogP contribution is -2.32. The highest BCUT2D eigenvalue weighted by Gasteiger charge is 2.09. The van der Waals surface area contributed by atoms with Gasteiger partial charge in [0.25, 0.3) is 0 Å². The van der Waals surface area contributed by atoms with Crippen molar-refractivity contribution in [2.24, 2.45) is 0 Å². The largest absolute Gasteiger partial charge is 0.388 e. The molecule has 0 saturated carbocycles. The van der Waals surface area contributed by atoms with E-state index < -0.39 is 6.10 Å². The van der Waals surface area contributed by atoms with Crippen LogP contribution in [-0.4, -0.2) is 5.11 Å². The Morgan fingerprint density at radius 3 is 2.12 bits per heavy atom. The minimum absolute atomic E-state index is 0.285. The zero-order valence-corrected chi connectivity index (χ0v) is 14.5. The molecule has 25 heavy (non-hydrogen) atoms. The molecule has 2 aromatic carbocycles. The summed E-state index contributed by atoms with van der Waals surface area (Å²) in [6.07, 6.45) is 4.98. The molecule has 1 atom stereocenters. The summed E-state index contributed by atoms with van der Waals surface area (Å²) >= 11 is 5.92. The summed E-state index contributed by atoms with van der Waals surface area (Å²) in [6.45, 7) is 0.819. The summed E-state index contributed by atoms with van der Waals surface area (Å²) in [7, 11) is 0. The standard InChI is InChI=1S/C21H20ClFNO/c22-19-7-3-16(4-8-19)17-11-14-24(15-12-17)13-1-2-21(25)18-5-9-20(23)10-6-18/h3-12,14-15,21,25H,1-2,13H2/q+1/t21-/m1/s1. The Morgan fingerprint density at radius 1 is 0.880 bits per heavy atom. The molecule has 0 radical (unpaired) electrons. The molecule has 0 saturated heterocycles. The number of hydrogen-bond acceptors (Lipinski definition) is 1. The van der Waals surface area contributed by atoms with Crippen molar-refractivity contribution in [1.82, 2.24) is 0 Å². The second kappa shape index (κ2) is 8.24. The van der Waals surface area contributed by atoms with Crippen LogP contribution in [0.15, 0.2) is 73.1 Å². The summed E-state index contributed by atoms with van der Waals surface area (Å²) in [5, 5.41) is 10.9. The molecule has 1 aromatic heterocycles. The number of aromatic nitrogens is 1. The molecule has 128 valence electrons. The number of aliphatic hydroxyl groups is 1. The Morgan fingerprint density at radius 2 is 1.48 bits per heavy atom. The third kappa shape index (κ3) is 4.88. The van der Waals surface area contributed by atoms with Crippen LogP contribution in [0.25, 0.3) is 11.1 Å². The van der Waals surface area contributed by atoms with Gasteiger partial charge in [-0.1, -0.05) is 35.9 Å². The summed E-state index contributed by atoms with van der Waals surface area (Å²) in [4.78, 5) is 0. The van der Waals surface area contributed by atoms with Gasteiger partial charge in [-0.2, -0.15) is 0 Å². The molecular formula is C21H20ClFNO+. The van der Waals surface area contributed by atoms with Crippen molar-refractivity contribution >= 4 is 11.6 Å². The smallest absolute Gasteiger partial charge is 0.169 e. The fourth-order valence-electron chi connectivity index (χ4n) is 2.76. The van der Waals surface area contributed by atoms with Gasteiger partial charge in [-0.15, -0.1) is 0 Å². The number of halogens is 2. The maximum atomic E-state index is 12.9. The maximum absolute atomic E-state index is 12.9. The predicted octanol–water partition coefficient (Wildman–Crippen LogP) is 4.95. The summed E-state index contributed by atoms with van der Waals surface area (Å²) in [5.41, 5.74) is 3.02. The van der Waals surface area contributed by atoms with Gasteiger partial charge in [0.05, 0.1) is 6.10 Å². The molecule has 0 unspecified atom stereocenters. The fourth-order valence-corrected chi connectivity index (χ4v) is 2.89. The topological polar surface area (TPSA) is 24.1 Å². The molecule has 0 aliphatic carbocycles. The van der Waals surface area contributed by atoms with E-state index in [1.165, 1.54) is 12.1 Å². The van der Waals surface area contributed by atoms with Gasteiger partial charge in [-0.3, -0.25) is 0 Å². The highest BCUT2D eigenvalue weighted by Crippen LogP contribution is 2.21. The van der Waals surface area contributed by atoms with Gasteiger partial charge < -0.3 is 5.11 Å². The molecule has 1 N–H and O–H groups in total. The first-order valence-corrected chi connectivity index (χ1v) is 8.68. The second-order valence-corrected chi connectivity index (χ2v) is 6.48. The van der Waals surface area contributed by atoms with Crippen molar-refractivity contribution in [2.45, 2.75) is 25.5 Å². The van der Waals surface area contributed by atoms with Gasteiger partial charge >= 0.3 is 0 Å². The molecule has 0 aliphatic rings. The van der Waals surface area contributed by atoms with E-state index in [4.69, 9.17) is 11.6 Å². The van der Waals surface area contributed by atoms with Crippen molar-refractivity contribution in [3.8, 4) is 11.1 Å². The third-order valence-electron chi connectivity index (χ3n) is 4.22. The van der Waals surface area contributed by atoms with Crippen LogP contribution in [0.1, 0.15) is 24.5 Å². The lowest BCUT2D eigenvalue weighted by molar-refractivity contribution is -0.697. The second-order valence-electron chi connectivity index (χ2n) is 6.04. The molecule has 3 rings (SSSR count). The number of benzene rings is 2. The van der Waals surface area contributed by atoms with Crippen LogP contribution in [0, 0.1) is 5.82 Å². The first kappa shape index (κ1) is 17.6. The highest BCUT2D eigenvalue weighted by molar-refractivity contribution is 6.30. The molecule has 2 nitrogen and oxygen atoms in total. The number of pyridine rings is 1. The van der Waals surface area contributed by atoms with Crippen LogP contribution >= 0.6 is 11.6 Å². The van der Waals surface area contributed by atoms with Crippen LogP contribution in [-0.2, 0) is 6.54 Å². The average molecular weight is 357 g/mol. The van der Waals surface area contributed by atoms with Crippen molar-refractivity contribution in [1.29, 1.82) is 0 Å². The Hall–Kier alpha value is -2.23. The van der Waals surface area contributed by atoms with Gasteiger partial charge in [-0.05, 0) is 47.4 Å². The van der Waals surface area contributed by atoms with Gasteiger partial charge in [0.15, 0.2) is 12.4 Å². The number of aryl methyl sites for hydroxylation is 1. The third-order valence-corrected chi connectivity index (χ3v) is 4.47. The number of aliphatic hydroxyl groups excluding tert-OH is 1. The number of hydrogen-bond donors (Lipinski definition) is 1. The van der Waals surface area contributed by atoms with Crippen LogP contribution in [0.5, 0.6) is 0 Å². The van der Waals surface area contributed by atoms with E-state index in [1.54, 1.807) is 12.1 Å². The van der Waals surface area contributed by atoms with Gasteiger partial charge in [-0.25, -0.2) is 8.96 Å². The van der Waals surface area contributed by atoms with E-state index in [0.717, 1.165) is 34.7 Å². The molecule has 0 spiro atoms. The van der Waals surface area contributed by atoms with E-state index in [0.29, 0.717) is 6.42 Å². The molecule has 0 fully saturated rings. The van der Waals surface area contributed by atoms with Crippen molar-refractivity contribution in [3.63, 3.8) is 0 Å². The molecule has 0 bridgehead atoms. The predicted molar refractivity (Wildman–Crippen MR) is 97.7 cm³/mol. The van der Waals surface area contributed by atoms with Gasteiger partial charge in [0.1, 0.15) is 12.4 Å². The fraction of sp³-hybridized carbons (Fsp3) is 0.190. The van der Waals surface area contributed by atoms with E-state index in [-0.39, 0.29) is 5.82 Å². The molecular weight excluding hydrogens is 337 g/mol. The zero-order valence-electron chi connectivity index (χ0n) is 13.8. The first-order valence-electron chi connectivity index (χ1n) is 8.30. The maximum Gasteiger partial charge on any atom is 0.169 e. The minimum atomic E-state index is -0.561. The van der Waals surface area contributed by atoms with Gasteiger partial charge in [0.2, 0.25) is 0 Å². The van der Waals surface area contributed by atoms with Gasteiger partial charge in [0, 0.05) is 23.6 Å². The SMILES string of the molecule is O[C@H](CCC[n+]1ccc(-c2ccc(Cl)cc2)cc1)c1ccc(F)cc1. The van der Waals surface area contributed by atoms with Crippen molar-refractivity contribution in [3.05, 3.63) is 89.5 Å². The molecule has 0 amide bonds. The lowest BCUT2D eigenvalue weighted by atomic mass is 10.0. The monoisotopic (exact) mass is 356 g/mol. The normalized spacial score (nSPS) is 12.1. The molecule has 4 heteroatoms. The number of rotatable bonds is 6. The molecule has 0 aliphatic heterocycles. The van der Waals surface area contributed by atoms with E-state index in [9.17, 15) is 9.50 Å². The summed E-state index contributed by atoms with van der Waals surface area (Å²) < 4.78 is 15.0. The summed E-state index contributed by atoms with van der Waals surface area (Å²) in [6, 6.07) is 17.9. The average Bonchev–Trinajstić information content (AvgIpc) is 2.63. The Labute approximate surface area is 152 Å². The lowest BCUT2D eigenvalue weighted by Gasteiger charge is -2.09. The van der Waals surface area contributed by atoms with E-state index in [1.807, 2.05) is 36.7 Å². The van der Waals surface area contributed by atoms with Crippen molar-refractivity contribution in [2.75, 3.05) is 0 Å². The molecule has 1 heterocycles. The van der Waals surface area contributed by atoms with Crippen molar-refractivity contribution < 1.29 is 14.1 Å². The summed E-state index contributed by atoms with van der Waals surface area (Å²) in [5.74, 6) is -0.285. The quantitative estimate of drug-likeness (QED) is 0.621. The van der Waals surface area contributed by atoms with Crippen LogP contribution < -0.4 is 4.57 Å². The Bertz CT molecular complexity index is 801. The molecule has 3 aromatic rings. The van der Waals surface area contributed by atoms with Crippen LogP contribution in [0.3, 0.4) is 0 Å². The Balaban J connectivity index is 1.53.